The minimum absolute atomic E-state index is 0.0446. The molecule has 1 aromatic heterocycles. The zero-order valence-electron chi connectivity index (χ0n) is 15.6. The molecule has 1 saturated heterocycles. The first-order valence-electron chi connectivity index (χ1n) is 9.02. The Hall–Kier alpha value is -3.93. The second-order valence-electron chi connectivity index (χ2n) is 6.51. The first-order chi connectivity index (χ1) is 14.1. The minimum Gasteiger partial charge on any atom is -0.507 e. The van der Waals surface area contributed by atoms with E-state index in [0.29, 0.717) is 22.6 Å². The third-order valence-electron chi connectivity index (χ3n) is 4.86. The van der Waals surface area contributed by atoms with Crippen molar-refractivity contribution in [3.05, 3.63) is 95.8 Å². The van der Waals surface area contributed by atoms with Crippen LogP contribution in [0, 0.1) is 0 Å². The maximum Gasteiger partial charge on any atom is 0.300 e. The molecule has 1 N–H and O–H groups in total. The van der Waals surface area contributed by atoms with Crippen molar-refractivity contribution < 1.29 is 19.4 Å². The highest BCUT2D eigenvalue weighted by Gasteiger charge is 2.46. The van der Waals surface area contributed by atoms with E-state index in [1.165, 1.54) is 4.90 Å². The SMILES string of the molecule is COc1ccc(N2C(=O)C(=O)/C(=C(\O)c3ccccc3)C2c2ccncc2)cc1. The van der Waals surface area contributed by atoms with E-state index < -0.39 is 17.7 Å². The van der Waals surface area contributed by atoms with Gasteiger partial charge >= 0.3 is 0 Å². The summed E-state index contributed by atoms with van der Waals surface area (Å²) >= 11 is 0. The minimum atomic E-state index is -0.772. The van der Waals surface area contributed by atoms with E-state index in [1.54, 1.807) is 80.2 Å². The number of aromatic nitrogens is 1. The van der Waals surface area contributed by atoms with Gasteiger partial charge in [0.15, 0.2) is 0 Å². The molecule has 0 bridgehead atoms. The van der Waals surface area contributed by atoms with E-state index in [0.717, 1.165) is 0 Å². The lowest BCUT2D eigenvalue weighted by atomic mass is 9.96. The number of ketones is 1. The molecule has 144 valence electrons. The number of aliphatic hydroxyl groups excluding tert-OH is 1. The Morgan fingerprint density at radius 3 is 2.24 bits per heavy atom. The molecule has 6 heteroatoms. The van der Waals surface area contributed by atoms with Gasteiger partial charge in [0.25, 0.3) is 11.7 Å². The molecule has 0 spiro atoms. The monoisotopic (exact) mass is 386 g/mol. The number of aliphatic hydroxyl groups is 1. The average Bonchev–Trinajstić information content (AvgIpc) is 3.05. The molecule has 6 nitrogen and oxygen atoms in total. The maximum absolute atomic E-state index is 13.0. The van der Waals surface area contributed by atoms with Gasteiger partial charge in [0, 0.05) is 23.6 Å². The summed E-state index contributed by atoms with van der Waals surface area (Å²) in [5.41, 5.74) is 1.72. The zero-order valence-corrected chi connectivity index (χ0v) is 15.6. The number of pyridine rings is 1. The van der Waals surface area contributed by atoms with Crippen molar-refractivity contribution in [2.24, 2.45) is 0 Å². The number of carbonyl (C=O) groups is 2. The summed E-state index contributed by atoms with van der Waals surface area (Å²) < 4.78 is 5.18. The van der Waals surface area contributed by atoms with Crippen molar-refractivity contribution in [3.8, 4) is 5.75 Å². The number of methoxy groups -OCH3 is 1. The smallest absolute Gasteiger partial charge is 0.300 e. The number of carbonyl (C=O) groups excluding carboxylic acids is 2. The Bertz CT molecular complexity index is 1080. The van der Waals surface area contributed by atoms with Crippen LogP contribution in [0.5, 0.6) is 5.75 Å². The van der Waals surface area contributed by atoms with Crippen LogP contribution in [0.15, 0.2) is 84.7 Å². The van der Waals surface area contributed by atoms with Crippen LogP contribution in [0.4, 0.5) is 5.69 Å². The summed E-state index contributed by atoms with van der Waals surface area (Å²) in [6.07, 6.45) is 3.18. The lowest BCUT2D eigenvalue weighted by Crippen LogP contribution is -2.29. The molecule has 0 aliphatic carbocycles. The molecule has 1 fully saturated rings. The van der Waals surface area contributed by atoms with Gasteiger partial charge in [-0.3, -0.25) is 19.5 Å². The Kier molecular flexibility index (Phi) is 4.83. The Morgan fingerprint density at radius 1 is 0.966 bits per heavy atom. The van der Waals surface area contributed by atoms with E-state index in [9.17, 15) is 14.7 Å². The number of hydrogen-bond donors (Lipinski definition) is 1. The summed E-state index contributed by atoms with van der Waals surface area (Å²) in [4.78, 5) is 31.3. The molecule has 0 radical (unpaired) electrons. The van der Waals surface area contributed by atoms with Gasteiger partial charge in [0.2, 0.25) is 0 Å². The normalized spacial score (nSPS) is 18.1. The Morgan fingerprint density at radius 2 is 1.62 bits per heavy atom. The lowest BCUT2D eigenvalue weighted by Gasteiger charge is -2.25. The largest absolute Gasteiger partial charge is 0.507 e. The number of amides is 1. The van der Waals surface area contributed by atoms with Gasteiger partial charge in [-0.2, -0.15) is 0 Å². The highest BCUT2D eigenvalue weighted by molar-refractivity contribution is 6.51. The molecule has 29 heavy (non-hydrogen) atoms. The fraction of sp³-hybridized carbons (Fsp3) is 0.0870. The second-order valence-corrected chi connectivity index (χ2v) is 6.51. The quantitative estimate of drug-likeness (QED) is 0.420. The van der Waals surface area contributed by atoms with Crippen molar-refractivity contribution >= 4 is 23.1 Å². The molecule has 2 heterocycles. The molecule has 1 atom stereocenters. The topological polar surface area (TPSA) is 79.7 Å². The Labute approximate surface area is 167 Å². The van der Waals surface area contributed by atoms with Gasteiger partial charge in [0.1, 0.15) is 11.5 Å². The van der Waals surface area contributed by atoms with E-state index in [-0.39, 0.29) is 11.3 Å². The molecule has 2 aromatic carbocycles. The number of benzene rings is 2. The first kappa shape index (κ1) is 18.4. The summed E-state index contributed by atoms with van der Waals surface area (Å²) in [6, 6.07) is 18.3. The summed E-state index contributed by atoms with van der Waals surface area (Å²) in [5.74, 6) is -1.00. The first-order valence-corrected chi connectivity index (χ1v) is 9.02. The van der Waals surface area contributed by atoms with Crippen LogP contribution in [-0.4, -0.2) is 28.9 Å². The van der Waals surface area contributed by atoms with Gasteiger partial charge in [-0.25, -0.2) is 0 Å². The number of hydrogen-bond acceptors (Lipinski definition) is 5. The van der Waals surface area contributed by atoms with E-state index in [1.807, 2.05) is 6.07 Å². The van der Waals surface area contributed by atoms with Crippen molar-refractivity contribution in [1.29, 1.82) is 0 Å². The summed E-state index contributed by atoms with van der Waals surface area (Å²) in [7, 11) is 1.55. The van der Waals surface area contributed by atoms with Crippen LogP contribution < -0.4 is 9.64 Å². The van der Waals surface area contributed by atoms with Crippen molar-refractivity contribution in [3.63, 3.8) is 0 Å². The second kappa shape index (κ2) is 7.59. The standard InChI is InChI=1S/C23H18N2O4/c1-29-18-9-7-17(8-10-18)25-20(15-11-13-24-14-12-15)19(22(27)23(25)28)21(26)16-5-3-2-4-6-16/h2-14,20,26H,1H3/b21-19-. The third-order valence-corrected chi connectivity index (χ3v) is 4.86. The molecule has 0 saturated carbocycles. The molecule has 4 rings (SSSR count). The van der Waals surface area contributed by atoms with Crippen LogP contribution in [0.3, 0.4) is 0 Å². The average molecular weight is 386 g/mol. The van der Waals surface area contributed by atoms with E-state index in [2.05, 4.69) is 4.98 Å². The van der Waals surface area contributed by atoms with Gasteiger partial charge in [-0.05, 0) is 42.0 Å². The predicted molar refractivity (Wildman–Crippen MR) is 108 cm³/mol. The van der Waals surface area contributed by atoms with Crippen LogP contribution in [0.25, 0.3) is 5.76 Å². The van der Waals surface area contributed by atoms with Crippen molar-refractivity contribution in [2.45, 2.75) is 6.04 Å². The molecule has 1 aliphatic heterocycles. The number of Topliss-reactive ketones (excluding diaryl/α,β-unsaturated/α-hetero) is 1. The summed E-state index contributed by atoms with van der Waals surface area (Å²) in [6.45, 7) is 0. The van der Waals surface area contributed by atoms with Crippen LogP contribution in [0.1, 0.15) is 17.2 Å². The number of nitrogens with zero attached hydrogens (tertiary/aromatic N) is 2. The molecular weight excluding hydrogens is 368 g/mol. The van der Waals surface area contributed by atoms with Gasteiger partial charge in [-0.1, -0.05) is 30.3 Å². The van der Waals surface area contributed by atoms with Gasteiger partial charge in [0.05, 0.1) is 18.7 Å². The Balaban J connectivity index is 1.91. The number of anilines is 1. The number of rotatable bonds is 4. The zero-order chi connectivity index (χ0) is 20.4. The van der Waals surface area contributed by atoms with Gasteiger partial charge in [-0.15, -0.1) is 0 Å². The lowest BCUT2D eigenvalue weighted by molar-refractivity contribution is -0.132. The van der Waals surface area contributed by atoms with Crippen LogP contribution >= 0.6 is 0 Å². The molecular formula is C23H18N2O4. The van der Waals surface area contributed by atoms with Crippen molar-refractivity contribution in [2.75, 3.05) is 12.0 Å². The predicted octanol–water partition coefficient (Wildman–Crippen LogP) is 3.72. The fourth-order valence-corrected chi connectivity index (χ4v) is 3.45. The van der Waals surface area contributed by atoms with Crippen LogP contribution in [-0.2, 0) is 9.59 Å². The fourth-order valence-electron chi connectivity index (χ4n) is 3.45. The molecule has 1 aliphatic rings. The third kappa shape index (κ3) is 3.25. The number of ether oxygens (including phenoxy) is 1. The van der Waals surface area contributed by atoms with Crippen LogP contribution in [0.2, 0.25) is 0 Å². The molecule has 1 unspecified atom stereocenters. The van der Waals surface area contributed by atoms with Gasteiger partial charge < -0.3 is 9.84 Å². The molecule has 1 amide bonds. The maximum atomic E-state index is 13.0. The molecule has 3 aromatic rings. The highest BCUT2D eigenvalue weighted by Crippen LogP contribution is 2.42. The van der Waals surface area contributed by atoms with Crippen molar-refractivity contribution in [1.82, 2.24) is 4.98 Å². The van der Waals surface area contributed by atoms with E-state index >= 15 is 0 Å². The van der Waals surface area contributed by atoms with E-state index in [4.69, 9.17) is 4.74 Å². The highest BCUT2D eigenvalue weighted by atomic mass is 16.5. The summed E-state index contributed by atoms with van der Waals surface area (Å²) in [5, 5.41) is 10.9.